The average molecular weight is 282 g/mol. The van der Waals surface area contributed by atoms with Crippen LogP contribution in [0.25, 0.3) is 0 Å². The number of hydrogen-bond acceptors (Lipinski definition) is 4. The summed E-state index contributed by atoms with van der Waals surface area (Å²) in [6, 6.07) is 0.862. The van der Waals surface area contributed by atoms with E-state index in [4.69, 9.17) is 4.74 Å². The van der Waals surface area contributed by atoms with Gasteiger partial charge in [0.2, 0.25) is 0 Å². The molecule has 2 fully saturated rings. The van der Waals surface area contributed by atoms with Gasteiger partial charge < -0.3 is 15.0 Å². The number of fused-ring (bicyclic) bond motifs is 2. The Labute approximate surface area is 123 Å². The van der Waals surface area contributed by atoms with Gasteiger partial charge in [0, 0.05) is 12.6 Å². The Morgan fingerprint density at radius 2 is 2.20 bits per heavy atom. The van der Waals surface area contributed by atoms with Crippen LogP contribution >= 0.6 is 0 Å². The first-order valence-corrected chi connectivity index (χ1v) is 8.19. The zero-order chi connectivity index (χ0) is 14.6. The lowest BCUT2D eigenvalue weighted by molar-refractivity contribution is -0.150. The van der Waals surface area contributed by atoms with E-state index in [0.717, 1.165) is 24.8 Å². The van der Waals surface area contributed by atoms with E-state index in [-0.39, 0.29) is 5.97 Å². The number of rotatable bonds is 8. The van der Waals surface area contributed by atoms with E-state index in [1.807, 2.05) is 20.9 Å². The molecule has 0 radical (unpaired) electrons. The molecule has 2 bridgehead atoms. The van der Waals surface area contributed by atoms with Crippen LogP contribution < -0.4 is 5.32 Å². The van der Waals surface area contributed by atoms with Gasteiger partial charge in [0.25, 0.3) is 0 Å². The molecule has 1 aliphatic heterocycles. The van der Waals surface area contributed by atoms with Crippen molar-refractivity contribution >= 4 is 5.97 Å². The molecule has 1 N–H and O–H groups in total. The lowest BCUT2D eigenvalue weighted by atomic mass is 9.95. The zero-order valence-electron chi connectivity index (χ0n) is 13.3. The van der Waals surface area contributed by atoms with Gasteiger partial charge >= 0.3 is 5.97 Å². The number of nitrogens with zero attached hydrogens (tertiary/aromatic N) is 1. The van der Waals surface area contributed by atoms with Gasteiger partial charge in [-0.2, -0.15) is 0 Å². The molecular formula is C16H30N2O2. The van der Waals surface area contributed by atoms with Crippen molar-refractivity contribution < 1.29 is 9.53 Å². The van der Waals surface area contributed by atoms with Crippen LogP contribution in [0.3, 0.4) is 0 Å². The Hall–Kier alpha value is -0.610. The lowest BCUT2D eigenvalue weighted by Gasteiger charge is -2.29. The first-order valence-electron chi connectivity index (χ1n) is 8.19. The normalized spacial score (nSPS) is 28.6. The largest absolute Gasteiger partial charge is 0.465 e. The maximum atomic E-state index is 12.0. The Bertz CT molecular complexity index is 334. The first-order chi connectivity index (χ1) is 9.59. The molecule has 1 saturated heterocycles. The van der Waals surface area contributed by atoms with E-state index < -0.39 is 5.54 Å². The van der Waals surface area contributed by atoms with Crippen LogP contribution in [0, 0.1) is 5.92 Å². The molecule has 4 nitrogen and oxygen atoms in total. The quantitative estimate of drug-likeness (QED) is 0.547. The van der Waals surface area contributed by atoms with Crippen LogP contribution in [0.4, 0.5) is 0 Å². The van der Waals surface area contributed by atoms with Gasteiger partial charge in [0.15, 0.2) is 0 Å². The molecule has 2 aliphatic rings. The molecule has 3 unspecified atom stereocenters. The van der Waals surface area contributed by atoms with Crippen LogP contribution in [0.5, 0.6) is 0 Å². The molecule has 0 spiro atoms. The Morgan fingerprint density at radius 3 is 2.75 bits per heavy atom. The van der Waals surface area contributed by atoms with Gasteiger partial charge in [-0.25, -0.2) is 0 Å². The minimum atomic E-state index is -0.528. The molecule has 0 aromatic carbocycles. The van der Waals surface area contributed by atoms with Crippen molar-refractivity contribution in [2.75, 3.05) is 26.7 Å². The fraction of sp³-hybridized carbons (Fsp3) is 0.938. The van der Waals surface area contributed by atoms with Crippen molar-refractivity contribution in [1.29, 1.82) is 0 Å². The summed E-state index contributed by atoms with van der Waals surface area (Å²) < 4.78 is 5.16. The van der Waals surface area contributed by atoms with Crippen molar-refractivity contribution in [3.05, 3.63) is 0 Å². The zero-order valence-corrected chi connectivity index (χ0v) is 13.3. The van der Waals surface area contributed by atoms with E-state index in [1.165, 1.54) is 38.8 Å². The first kappa shape index (κ1) is 15.8. The van der Waals surface area contributed by atoms with Crippen molar-refractivity contribution in [3.8, 4) is 0 Å². The summed E-state index contributed by atoms with van der Waals surface area (Å²) in [7, 11) is 1.84. The Morgan fingerprint density at radius 1 is 1.40 bits per heavy atom. The Kier molecular flexibility index (Phi) is 5.44. The van der Waals surface area contributed by atoms with Crippen LogP contribution in [0.15, 0.2) is 0 Å². The molecule has 3 atom stereocenters. The molecule has 0 amide bonds. The number of hydrogen-bond donors (Lipinski definition) is 1. The fourth-order valence-electron chi connectivity index (χ4n) is 3.71. The van der Waals surface area contributed by atoms with Crippen LogP contribution in [-0.2, 0) is 9.53 Å². The van der Waals surface area contributed by atoms with Crippen LogP contribution in [0.1, 0.15) is 52.4 Å². The molecule has 1 heterocycles. The number of nitrogens with one attached hydrogen (secondary N) is 1. The smallest absolute Gasteiger partial charge is 0.326 e. The topological polar surface area (TPSA) is 41.6 Å². The second kappa shape index (κ2) is 6.90. The van der Waals surface area contributed by atoms with Crippen molar-refractivity contribution in [2.24, 2.45) is 5.92 Å². The summed E-state index contributed by atoms with van der Waals surface area (Å²) >= 11 is 0. The molecule has 20 heavy (non-hydrogen) atoms. The minimum absolute atomic E-state index is 0.122. The lowest BCUT2D eigenvalue weighted by Crippen LogP contribution is -2.48. The highest BCUT2D eigenvalue weighted by atomic mass is 16.5. The third-order valence-corrected chi connectivity index (χ3v) is 5.17. The maximum Gasteiger partial charge on any atom is 0.326 e. The maximum absolute atomic E-state index is 12.0. The van der Waals surface area contributed by atoms with Gasteiger partial charge in [-0.15, -0.1) is 0 Å². The standard InChI is InChI=1S/C16H30N2O2/c1-4-20-15(19)16(2,17-3)9-5-6-10-18-12-13-7-8-14(18)11-13/h13-14,17H,4-12H2,1-3H3. The summed E-state index contributed by atoms with van der Waals surface area (Å²) in [6.07, 6.45) is 7.38. The monoisotopic (exact) mass is 282 g/mol. The van der Waals surface area contributed by atoms with Crippen molar-refractivity contribution in [1.82, 2.24) is 10.2 Å². The number of likely N-dealkylation sites (N-methyl/N-ethyl adjacent to an activating group) is 1. The predicted molar refractivity (Wildman–Crippen MR) is 80.7 cm³/mol. The van der Waals surface area contributed by atoms with Gasteiger partial charge in [-0.1, -0.05) is 0 Å². The SMILES string of the molecule is CCOC(=O)C(C)(CCCCN1CC2CCC1C2)NC. The van der Waals surface area contributed by atoms with E-state index in [1.54, 1.807) is 0 Å². The van der Waals surface area contributed by atoms with Crippen molar-refractivity contribution in [2.45, 2.75) is 64.0 Å². The summed E-state index contributed by atoms with van der Waals surface area (Å²) in [5, 5.41) is 3.13. The van der Waals surface area contributed by atoms with E-state index in [2.05, 4.69) is 10.2 Å². The average Bonchev–Trinajstić information content (AvgIpc) is 3.06. The number of ether oxygens (including phenoxy) is 1. The molecule has 116 valence electrons. The molecule has 2 rings (SSSR count). The second-order valence-electron chi connectivity index (χ2n) is 6.59. The third-order valence-electron chi connectivity index (χ3n) is 5.17. The summed E-state index contributed by atoms with van der Waals surface area (Å²) in [5.74, 6) is 0.852. The molecular weight excluding hydrogens is 252 g/mol. The highest BCUT2D eigenvalue weighted by Crippen LogP contribution is 2.37. The van der Waals surface area contributed by atoms with E-state index in [9.17, 15) is 4.79 Å². The molecule has 0 aromatic rings. The molecule has 1 aliphatic carbocycles. The minimum Gasteiger partial charge on any atom is -0.465 e. The molecule has 0 aromatic heterocycles. The van der Waals surface area contributed by atoms with Crippen molar-refractivity contribution in [3.63, 3.8) is 0 Å². The van der Waals surface area contributed by atoms with E-state index >= 15 is 0 Å². The molecule has 1 saturated carbocycles. The third kappa shape index (κ3) is 3.53. The molecule has 4 heteroatoms. The van der Waals surface area contributed by atoms with Gasteiger partial charge in [-0.3, -0.25) is 4.79 Å². The second-order valence-corrected chi connectivity index (χ2v) is 6.59. The number of esters is 1. The van der Waals surface area contributed by atoms with Gasteiger partial charge in [-0.05, 0) is 71.9 Å². The highest BCUT2D eigenvalue weighted by molar-refractivity contribution is 5.80. The predicted octanol–water partition coefficient (Wildman–Crippen LogP) is 2.18. The highest BCUT2D eigenvalue weighted by Gasteiger charge is 2.37. The van der Waals surface area contributed by atoms with E-state index in [0.29, 0.717) is 6.61 Å². The van der Waals surface area contributed by atoms with Crippen LogP contribution in [-0.4, -0.2) is 49.2 Å². The van der Waals surface area contributed by atoms with Gasteiger partial charge in [0.05, 0.1) is 6.61 Å². The van der Waals surface area contributed by atoms with Crippen LogP contribution in [0.2, 0.25) is 0 Å². The number of piperidine rings is 1. The number of carbonyl (C=O) groups is 1. The number of likely N-dealkylation sites (tertiary alicyclic amines) is 1. The number of unbranched alkanes of at least 4 members (excludes halogenated alkanes) is 1. The Balaban J connectivity index is 1.67. The summed E-state index contributed by atoms with van der Waals surface area (Å²) in [6.45, 7) is 6.77. The summed E-state index contributed by atoms with van der Waals surface area (Å²) in [4.78, 5) is 14.6. The number of carbonyl (C=O) groups excluding carboxylic acids is 1. The van der Waals surface area contributed by atoms with Gasteiger partial charge in [0.1, 0.15) is 5.54 Å². The summed E-state index contributed by atoms with van der Waals surface area (Å²) in [5.41, 5.74) is -0.528. The fourth-order valence-corrected chi connectivity index (χ4v) is 3.71.